The second kappa shape index (κ2) is 10.9. The van der Waals surface area contributed by atoms with Crippen LogP contribution in [0.15, 0.2) is 182 Å². The Morgan fingerprint density at radius 3 is 1.43 bits per heavy atom. The number of benzene rings is 9. The van der Waals surface area contributed by atoms with Crippen molar-refractivity contribution in [2.45, 2.75) is 0 Å². The lowest BCUT2D eigenvalue weighted by Crippen LogP contribution is -1.89. The van der Waals surface area contributed by atoms with E-state index < -0.39 is 0 Å². The van der Waals surface area contributed by atoms with Crippen molar-refractivity contribution in [1.29, 1.82) is 0 Å². The van der Waals surface area contributed by atoms with E-state index in [2.05, 4.69) is 182 Å². The summed E-state index contributed by atoms with van der Waals surface area (Å²) in [6.07, 6.45) is 0. The minimum atomic E-state index is 1.22. The molecule has 0 unspecified atom stereocenters. The first-order chi connectivity index (χ1) is 22.8. The molecule has 0 fully saturated rings. The third-order valence-corrected chi connectivity index (χ3v) is 9.42. The third kappa shape index (κ3) is 4.47. The van der Waals surface area contributed by atoms with Crippen LogP contribution in [0.5, 0.6) is 0 Å². The monoisotopic (exact) mass is 582 g/mol. The lowest BCUT2D eigenvalue weighted by Gasteiger charge is -2.16. The van der Waals surface area contributed by atoms with E-state index in [0.29, 0.717) is 0 Å². The zero-order valence-corrected chi connectivity index (χ0v) is 25.3. The Kier molecular flexibility index (Phi) is 6.25. The maximum absolute atomic E-state index is 2.42. The first kappa shape index (κ1) is 26.4. The molecule has 0 aromatic heterocycles. The molecule has 46 heavy (non-hydrogen) atoms. The molecule has 0 heteroatoms. The lowest BCUT2D eigenvalue weighted by atomic mass is 9.87. The Hall–Kier alpha value is -5.98. The van der Waals surface area contributed by atoms with E-state index in [0.717, 1.165) is 0 Å². The summed E-state index contributed by atoms with van der Waals surface area (Å²) in [6.45, 7) is 0. The van der Waals surface area contributed by atoms with Crippen molar-refractivity contribution in [3.8, 4) is 44.5 Å². The number of hydrogen-bond acceptors (Lipinski definition) is 0. The van der Waals surface area contributed by atoms with Crippen LogP contribution in [0.25, 0.3) is 87.6 Å². The van der Waals surface area contributed by atoms with Gasteiger partial charge in [-0.15, -0.1) is 0 Å². The molecular formula is C46H30. The normalized spacial score (nSPS) is 11.5. The van der Waals surface area contributed by atoms with E-state index in [1.807, 2.05) is 0 Å². The Bertz CT molecular complexity index is 2560. The molecule has 0 spiro atoms. The predicted molar refractivity (Wildman–Crippen MR) is 198 cm³/mol. The Morgan fingerprint density at radius 2 is 0.717 bits per heavy atom. The van der Waals surface area contributed by atoms with E-state index >= 15 is 0 Å². The van der Waals surface area contributed by atoms with Crippen LogP contribution in [-0.2, 0) is 0 Å². The van der Waals surface area contributed by atoms with Crippen molar-refractivity contribution >= 4 is 43.1 Å². The first-order valence-corrected chi connectivity index (χ1v) is 15.9. The molecule has 0 aliphatic carbocycles. The highest BCUT2D eigenvalue weighted by Crippen LogP contribution is 2.43. The van der Waals surface area contributed by atoms with Crippen LogP contribution < -0.4 is 0 Å². The summed E-state index contributed by atoms with van der Waals surface area (Å²) < 4.78 is 0. The summed E-state index contributed by atoms with van der Waals surface area (Å²) in [5.41, 5.74) is 9.86. The van der Waals surface area contributed by atoms with E-state index in [9.17, 15) is 0 Å². The largest absolute Gasteiger partial charge is 0.0622 e. The second-order valence-corrected chi connectivity index (χ2v) is 12.1. The van der Waals surface area contributed by atoms with Crippen molar-refractivity contribution < 1.29 is 0 Å². The third-order valence-electron chi connectivity index (χ3n) is 9.42. The van der Waals surface area contributed by atoms with Gasteiger partial charge in [0.15, 0.2) is 0 Å². The standard InChI is InChI=1S/C46H30/c1-3-11-31(12-4-1)35-16-9-18-37(27-35)38-22-21-34-24-25-41-43(39-19-10-17-36(28-39)32-13-5-2-6-14-32)30-45-40-20-8-7-15-33(40)23-26-42(45)46(41)44(34)29-38/h1-30H. The highest BCUT2D eigenvalue weighted by atomic mass is 14.2. The van der Waals surface area contributed by atoms with Crippen LogP contribution >= 0.6 is 0 Å². The molecule has 0 heterocycles. The molecule has 0 saturated carbocycles. The molecule has 0 amide bonds. The number of rotatable bonds is 4. The average molecular weight is 583 g/mol. The zero-order valence-electron chi connectivity index (χ0n) is 25.3. The summed E-state index contributed by atoms with van der Waals surface area (Å²) in [5, 5.41) is 10.2. The molecule has 0 bridgehead atoms. The van der Waals surface area contributed by atoms with Gasteiger partial charge in [0.05, 0.1) is 0 Å². The van der Waals surface area contributed by atoms with Gasteiger partial charge < -0.3 is 0 Å². The molecule has 0 aliphatic rings. The van der Waals surface area contributed by atoms with Crippen molar-refractivity contribution in [1.82, 2.24) is 0 Å². The van der Waals surface area contributed by atoms with Gasteiger partial charge in [-0.25, -0.2) is 0 Å². The molecule has 0 radical (unpaired) electrons. The molecule has 0 nitrogen and oxygen atoms in total. The van der Waals surface area contributed by atoms with Crippen LogP contribution in [0.4, 0.5) is 0 Å². The quantitative estimate of drug-likeness (QED) is 0.181. The topological polar surface area (TPSA) is 0 Å². The first-order valence-electron chi connectivity index (χ1n) is 15.9. The van der Waals surface area contributed by atoms with Gasteiger partial charge in [0, 0.05) is 0 Å². The summed E-state index contributed by atoms with van der Waals surface area (Å²) in [6, 6.07) is 66.6. The molecule has 0 aliphatic heterocycles. The summed E-state index contributed by atoms with van der Waals surface area (Å²) in [4.78, 5) is 0. The van der Waals surface area contributed by atoms with Gasteiger partial charge >= 0.3 is 0 Å². The maximum Gasteiger partial charge on any atom is -0.00201 e. The van der Waals surface area contributed by atoms with Gasteiger partial charge in [0.2, 0.25) is 0 Å². The average Bonchev–Trinajstić information content (AvgIpc) is 3.14. The van der Waals surface area contributed by atoms with Gasteiger partial charge in [-0.2, -0.15) is 0 Å². The van der Waals surface area contributed by atoms with E-state index in [1.165, 1.54) is 87.6 Å². The Balaban J connectivity index is 1.33. The van der Waals surface area contributed by atoms with Crippen LogP contribution in [0.2, 0.25) is 0 Å². The molecule has 0 saturated heterocycles. The second-order valence-electron chi connectivity index (χ2n) is 12.1. The molecular weight excluding hydrogens is 553 g/mol. The van der Waals surface area contributed by atoms with Crippen molar-refractivity contribution in [3.05, 3.63) is 182 Å². The minimum Gasteiger partial charge on any atom is -0.0622 e. The van der Waals surface area contributed by atoms with Gasteiger partial charge in [-0.3, -0.25) is 0 Å². The van der Waals surface area contributed by atoms with E-state index in [-0.39, 0.29) is 0 Å². The van der Waals surface area contributed by atoms with Crippen LogP contribution in [0.3, 0.4) is 0 Å². The molecule has 9 rings (SSSR count). The lowest BCUT2D eigenvalue weighted by molar-refractivity contribution is 1.60. The van der Waals surface area contributed by atoms with Crippen LogP contribution in [0.1, 0.15) is 0 Å². The highest BCUT2D eigenvalue weighted by Gasteiger charge is 2.15. The molecule has 9 aromatic rings. The van der Waals surface area contributed by atoms with Gasteiger partial charge in [0.25, 0.3) is 0 Å². The summed E-state index contributed by atoms with van der Waals surface area (Å²) in [5.74, 6) is 0. The minimum absolute atomic E-state index is 1.22. The SMILES string of the molecule is c1ccc(-c2cccc(-c3ccc4ccc5c(-c6cccc(-c7ccccc7)c6)cc6c7ccccc7ccc6c5c4c3)c2)cc1. The van der Waals surface area contributed by atoms with E-state index in [1.54, 1.807) is 0 Å². The molecule has 0 atom stereocenters. The van der Waals surface area contributed by atoms with Gasteiger partial charge in [0.1, 0.15) is 0 Å². The molecule has 214 valence electrons. The summed E-state index contributed by atoms with van der Waals surface area (Å²) >= 11 is 0. The van der Waals surface area contributed by atoms with Gasteiger partial charge in [-0.1, -0.05) is 158 Å². The fraction of sp³-hybridized carbons (Fsp3) is 0. The van der Waals surface area contributed by atoms with Crippen molar-refractivity contribution in [2.24, 2.45) is 0 Å². The Labute approximate surface area is 268 Å². The van der Waals surface area contributed by atoms with Crippen LogP contribution in [0, 0.1) is 0 Å². The van der Waals surface area contributed by atoms with Crippen molar-refractivity contribution in [2.75, 3.05) is 0 Å². The van der Waals surface area contributed by atoms with Crippen molar-refractivity contribution in [3.63, 3.8) is 0 Å². The fourth-order valence-corrected chi connectivity index (χ4v) is 7.15. The molecule has 9 aromatic carbocycles. The summed E-state index contributed by atoms with van der Waals surface area (Å²) in [7, 11) is 0. The smallest absolute Gasteiger partial charge is 0.00201 e. The highest BCUT2D eigenvalue weighted by molar-refractivity contribution is 6.28. The number of hydrogen-bond donors (Lipinski definition) is 0. The maximum atomic E-state index is 2.42. The number of fused-ring (bicyclic) bond motifs is 7. The van der Waals surface area contributed by atoms with Crippen LogP contribution in [-0.4, -0.2) is 0 Å². The Morgan fingerprint density at radius 1 is 0.217 bits per heavy atom. The molecule has 0 N–H and O–H groups in total. The van der Waals surface area contributed by atoms with Gasteiger partial charge in [-0.05, 0) is 112 Å². The fourth-order valence-electron chi connectivity index (χ4n) is 7.15. The predicted octanol–water partition coefficient (Wildman–Crippen LogP) is 13.0. The van der Waals surface area contributed by atoms with E-state index in [4.69, 9.17) is 0 Å². The zero-order chi connectivity index (χ0) is 30.5.